The van der Waals surface area contributed by atoms with Gasteiger partial charge in [0.15, 0.2) is 0 Å². The number of rotatable bonds is 6. The highest BCUT2D eigenvalue weighted by molar-refractivity contribution is 5.84. The van der Waals surface area contributed by atoms with Crippen molar-refractivity contribution in [1.29, 1.82) is 0 Å². The molecule has 3 rings (SSSR count). The van der Waals surface area contributed by atoms with Crippen LogP contribution in [0.25, 0.3) is 27.8 Å². The van der Waals surface area contributed by atoms with E-state index in [-0.39, 0.29) is 0 Å². The van der Waals surface area contributed by atoms with Crippen LogP contribution in [-0.2, 0) is 0 Å². The smallest absolute Gasteiger partial charge is 0.0105 e. The summed E-state index contributed by atoms with van der Waals surface area (Å²) in [4.78, 5) is 0. The molecule has 0 aliphatic rings. The second-order valence-corrected chi connectivity index (χ2v) is 6.66. The third-order valence-electron chi connectivity index (χ3n) is 4.65. The van der Waals surface area contributed by atoms with Gasteiger partial charge in [-0.1, -0.05) is 116 Å². The first-order valence-electron chi connectivity index (χ1n) is 9.49. The van der Waals surface area contributed by atoms with Crippen LogP contribution in [0.5, 0.6) is 0 Å². The van der Waals surface area contributed by atoms with E-state index in [1.165, 1.54) is 39.0 Å². The Morgan fingerprint density at radius 2 is 1.37 bits per heavy atom. The maximum absolute atomic E-state index is 3.84. The molecule has 0 heterocycles. The zero-order valence-electron chi connectivity index (χ0n) is 16.2. The molecule has 0 aliphatic heterocycles. The lowest BCUT2D eigenvalue weighted by Gasteiger charge is -2.11. The van der Waals surface area contributed by atoms with Crippen LogP contribution in [0.1, 0.15) is 24.5 Å². The molecule has 3 aromatic carbocycles. The molecule has 0 atom stereocenters. The molecule has 0 nitrogen and oxygen atoms in total. The first-order valence-corrected chi connectivity index (χ1v) is 9.49. The minimum Gasteiger partial charge on any atom is -0.0990 e. The van der Waals surface area contributed by atoms with Gasteiger partial charge in [0.05, 0.1) is 0 Å². The number of benzene rings is 3. The molecule has 0 N–H and O–H groups in total. The molecule has 0 amide bonds. The fraction of sp³-hybridized carbons (Fsp3) is 0.111. The summed E-state index contributed by atoms with van der Waals surface area (Å²) in [7, 11) is 0. The quantitative estimate of drug-likeness (QED) is 0.397. The molecule has 0 heteroatoms. The van der Waals surface area contributed by atoms with Gasteiger partial charge >= 0.3 is 0 Å². The van der Waals surface area contributed by atoms with Gasteiger partial charge in [-0.25, -0.2) is 0 Å². The van der Waals surface area contributed by atoms with E-state index in [4.69, 9.17) is 0 Å². The number of aryl methyl sites for hydroxylation is 1. The van der Waals surface area contributed by atoms with Gasteiger partial charge in [-0.15, -0.1) is 0 Å². The van der Waals surface area contributed by atoms with Crippen molar-refractivity contribution >= 4 is 5.57 Å². The Morgan fingerprint density at radius 1 is 0.815 bits per heavy atom. The first kappa shape index (κ1) is 18.7. The largest absolute Gasteiger partial charge is 0.0990 e. The number of hydrogen-bond donors (Lipinski definition) is 0. The number of allylic oxidation sites excluding steroid dienone is 5. The zero-order valence-corrected chi connectivity index (χ0v) is 16.2. The van der Waals surface area contributed by atoms with Gasteiger partial charge in [-0.05, 0) is 46.7 Å². The molecule has 0 aromatic heterocycles. The Kier molecular flexibility index (Phi) is 6.22. The fourth-order valence-electron chi connectivity index (χ4n) is 3.18. The summed E-state index contributed by atoms with van der Waals surface area (Å²) in [5, 5.41) is 0. The monoisotopic (exact) mass is 350 g/mol. The molecule has 3 aromatic rings. The SMILES string of the molecule is C=C/C=C(\C=C/CC)c1ccc(-c2ccccc2-c2ccc(C)cc2)cc1. The summed E-state index contributed by atoms with van der Waals surface area (Å²) in [6, 6.07) is 26.1. The van der Waals surface area contributed by atoms with E-state index >= 15 is 0 Å². The van der Waals surface area contributed by atoms with E-state index in [9.17, 15) is 0 Å². The van der Waals surface area contributed by atoms with Crippen molar-refractivity contribution < 1.29 is 0 Å². The molecule has 0 bridgehead atoms. The van der Waals surface area contributed by atoms with E-state index in [1.807, 2.05) is 6.08 Å². The lowest BCUT2D eigenvalue weighted by atomic mass is 9.93. The van der Waals surface area contributed by atoms with Crippen LogP contribution < -0.4 is 0 Å². The molecule has 0 unspecified atom stereocenters. The van der Waals surface area contributed by atoms with E-state index in [1.54, 1.807) is 0 Å². The van der Waals surface area contributed by atoms with E-state index in [0.717, 1.165) is 6.42 Å². The summed E-state index contributed by atoms with van der Waals surface area (Å²) in [6.45, 7) is 8.11. The molecule has 0 saturated heterocycles. The topological polar surface area (TPSA) is 0 Å². The molecule has 0 fully saturated rings. The van der Waals surface area contributed by atoms with Gasteiger partial charge < -0.3 is 0 Å². The second kappa shape index (κ2) is 9.00. The van der Waals surface area contributed by atoms with Crippen molar-refractivity contribution in [3.63, 3.8) is 0 Å². The van der Waals surface area contributed by atoms with Crippen molar-refractivity contribution in [2.75, 3.05) is 0 Å². The Balaban J connectivity index is 1.99. The van der Waals surface area contributed by atoms with E-state index in [0.29, 0.717) is 0 Å². The Morgan fingerprint density at radius 3 is 1.89 bits per heavy atom. The van der Waals surface area contributed by atoms with Gasteiger partial charge in [0.2, 0.25) is 0 Å². The van der Waals surface area contributed by atoms with Crippen LogP contribution in [0.15, 0.2) is 104 Å². The minimum absolute atomic E-state index is 1.02. The molecular formula is C27H26. The normalized spacial score (nSPS) is 11.7. The molecule has 0 spiro atoms. The fourth-order valence-corrected chi connectivity index (χ4v) is 3.18. The molecule has 0 aliphatic carbocycles. The molecular weight excluding hydrogens is 324 g/mol. The van der Waals surface area contributed by atoms with Gasteiger partial charge in [0.1, 0.15) is 0 Å². The third kappa shape index (κ3) is 4.54. The van der Waals surface area contributed by atoms with Crippen molar-refractivity contribution in [2.45, 2.75) is 20.3 Å². The maximum Gasteiger partial charge on any atom is -0.0105 e. The molecule has 0 radical (unpaired) electrons. The van der Waals surface area contributed by atoms with Crippen LogP contribution in [0.2, 0.25) is 0 Å². The van der Waals surface area contributed by atoms with E-state index < -0.39 is 0 Å². The average Bonchev–Trinajstić information content (AvgIpc) is 2.72. The average molecular weight is 351 g/mol. The first-order chi connectivity index (χ1) is 13.2. The van der Waals surface area contributed by atoms with Crippen LogP contribution >= 0.6 is 0 Å². The molecule has 134 valence electrons. The molecule has 27 heavy (non-hydrogen) atoms. The predicted molar refractivity (Wildman–Crippen MR) is 120 cm³/mol. The van der Waals surface area contributed by atoms with Crippen molar-refractivity contribution in [3.8, 4) is 22.3 Å². The van der Waals surface area contributed by atoms with E-state index in [2.05, 4.69) is 111 Å². The lowest BCUT2D eigenvalue weighted by Crippen LogP contribution is -1.87. The van der Waals surface area contributed by atoms with Crippen LogP contribution in [-0.4, -0.2) is 0 Å². The number of hydrogen-bond acceptors (Lipinski definition) is 0. The zero-order chi connectivity index (χ0) is 19.1. The predicted octanol–water partition coefficient (Wildman–Crippen LogP) is 7.86. The van der Waals surface area contributed by atoms with Crippen LogP contribution in [0, 0.1) is 6.92 Å². The Labute approximate surface area is 163 Å². The van der Waals surface area contributed by atoms with Gasteiger partial charge in [-0.2, -0.15) is 0 Å². The van der Waals surface area contributed by atoms with Crippen LogP contribution in [0.3, 0.4) is 0 Å². The third-order valence-corrected chi connectivity index (χ3v) is 4.65. The van der Waals surface area contributed by atoms with Gasteiger partial charge in [0, 0.05) is 0 Å². The summed E-state index contributed by atoms with van der Waals surface area (Å²) >= 11 is 0. The minimum atomic E-state index is 1.02. The van der Waals surface area contributed by atoms with Crippen molar-refractivity contribution in [2.24, 2.45) is 0 Å². The van der Waals surface area contributed by atoms with Gasteiger partial charge in [-0.3, -0.25) is 0 Å². The summed E-state index contributed by atoms with van der Waals surface area (Å²) < 4.78 is 0. The maximum atomic E-state index is 3.84. The highest BCUT2D eigenvalue weighted by Gasteiger charge is 2.07. The lowest BCUT2D eigenvalue weighted by molar-refractivity contribution is 1.22. The highest BCUT2D eigenvalue weighted by Crippen LogP contribution is 2.33. The summed E-state index contributed by atoms with van der Waals surface area (Å²) in [5.74, 6) is 0. The summed E-state index contributed by atoms with van der Waals surface area (Å²) in [5.41, 5.74) is 8.67. The Hall–Kier alpha value is -3.12. The van der Waals surface area contributed by atoms with Crippen molar-refractivity contribution in [3.05, 3.63) is 115 Å². The standard InChI is InChI=1S/C27H26/c1-4-6-10-22(9-5-2)23-17-19-25(20-18-23)27-12-8-7-11-26(27)24-15-13-21(3)14-16-24/h5-20H,2,4H2,1,3H3/b10-6-,22-9+. The van der Waals surface area contributed by atoms with Crippen LogP contribution in [0.4, 0.5) is 0 Å². The molecule has 0 saturated carbocycles. The second-order valence-electron chi connectivity index (χ2n) is 6.66. The Bertz CT molecular complexity index is 952. The van der Waals surface area contributed by atoms with Crippen molar-refractivity contribution in [1.82, 2.24) is 0 Å². The van der Waals surface area contributed by atoms with Gasteiger partial charge in [0.25, 0.3) is 0 Å². The highest BCUT2D eigenvalue weighted by atomic mass is 14.1. The summed E-state index contributed by atoms with van der Waals surface area (Å²) in [6.07, 6.45) is 9.26.